The maximum absolute atomic E-state index is 12.0. The van der Waals surface area contributed by atoms with E-state index in [0.717, 1.165) is 27.4 Å². The molecule has 12 heteroatoms. The molecule has 1 aliphatic heterocycles. The second-order valence-electron chi connectivity index (χ2n) is 9.01. The van der Waals surface area contributed by atoms with Crippen LogP contribution < -0.4 is 10.6 Å². The molecular weight excluding hydrogens is 522 g/mol. The quantitative estimate of drug-likeness (QED) is 0.207. The van der Waals surface area contributed by atoms with Crippen molar-refractivity contribution in [2.45, 2.75) is 50.7 Å². The number of hydrogen-bond acceptors (Lipinski definition) is 9. The number of aromatic amines is 1. The summed E-state index contributed by atoms with van der Waals surface area (Å²) >= 11 is 1.54. The number of aromatic nitrogens is 3. The van der Waals surface area contributed by atoms with E-state index >= 15 is 0 Å². The minimum Gasteiger partial charge on any atom is -0.465 e. The van der Waals surface area contributed by atoms with Gasteiger partial charge in [-0.3, -0.25) is 9.89 Å². The highest BCUT2D eigenvalue weighted by atomic mass is 32.2. The molecule has 2 aromatic carbocycles. The molecule has 0 spiro atoms. The lowest BCUT2D eigenvalue weighted by Crippen LogP contribution is -2.39. The Morgan fingerprint density at radius 1 is 1.05 bits per heavy atom. The number of aliphatic hydroxyl groups is 1. The molecule has 1 fully saturated rings. The van der Waals surface area contributed by atoms with E-state index in [1.807, 2.05) is 48.5 Å². The molecule has 4 rings (SSSR count). The van der Waals surface area contributed by atoms with E-state index in [2.05, 4.69) is 32.7 Å². The zero-order valence-corrected chi connectivity index (χ0v) is 22.6. The Morgan fingerprint density at radius 2 is 1.77 bits per heavy atom. The minimum atomic E-state index is -0.598. The average molecular weight is 556 g/mol. The van der Waals surface area contributed by atoms with Crippen LogP contribution in [0, 0.1) is 5.92 Å². The first-order valence-electron chi connectivity index (χ1n) is 12.7. The van der Waals surface area contributed by atoms with Gasteiger partial charge in [0.05, 0.1) is 25.4 Å². The van der Waals surface area contributed by atoms with Crippen LogP contribution in [0.4, 0.5) is 4.79 Å². The van der Waals surface area contributed by atoms with Gasteiger partial charge in [-0.15, -0.1) is 0 Å². The molecule has 0 aliphatic carbocycles. The number of carbonyl (C=O) groups excluding carboxylic acids is 2. The Balaban J connectivity index is 1.41. The van der Waals surface area contributed by atoms with Crippen molar-refractivity contribution in [3.63, 3.8) is 0 Å². The van der Waals surface area contributed by atoms with Gasteiger partial charge in [0.2, 0.25) is 0 Å². The Kier molecular flexibility index (Phi) is 10.3. The molecule has 4 atom stereocenters. The number of H-pyrrole nitrogens is 1. The lowest BCUT2D eigenvalue weighted by Gasteiger charge is -2.41. The van der Waals surface area contributed by atoms with E-state index in [1.54, 1.807) is 18.7 Å². The van der Waals surface area contributed by atoms with E-state index < -0.39 is 18.3 Å². The van der Waals surface area contributed by atoms with Crippen LogP contribution in [-0.4, -0.2) is 57.3 Å². The van der Waals surface area contributed by atoms with Gasteiger partial charge in [-0.05, 0) is 23.6 Å². The van der Waals surface area contributed by atoms with Crippen molar-refractivity contribution in [3.05, 3.63) is 77.1 Å². The number of hydrogen-bond donors (Lipinski definition) is 4. The van der Waals surface area contributed by atoms with Crippen molar-refractivity contribution in [3.8, 4) is 0 Å². The van der Waals surface area contributed by atoms with Crippen LogP contribution in [0.2, 0.25) is 0 Å². The molecule has 4 N–H and O–H groups in total. The largest absolute Gasteiger partial charge is 0.465 e. The zero-order valence-electron chi connectivity index (χ0n) is 21.8. The van der Waals surface area contributed by atoms with Crippen molar-refractivity contribution >= 4 is 23.8 Å². The van der Waals surface area contributed by atoms with Gasteiger partial charge in [0, 0.05) is 23.8 Å². The molecule has 39 heavy (non-hydrogen) atoms. The molecule has 0 radical (unpaired) electrons. The summed E-state index contributed by atoms with van der Waals surface area (Å²) in [6.45, 7) is 4.16. The average Bonchev–Trinajstić information content (AvgIpc) is 3.49. The predicted molar refractivity (Wildman–Crippen MR) is 143 cm³/mol. The Hall–Kier alpha value is -3.45. The number of thioether (sulfide) groups is 1. The first kappa shape index (κ1) is 28.6. The molecule has 2 heterocycles. The number of amides is 2. The number of nitrogens with one attached hydrogen (secondary N) is 3. The number of esters is 1. The van der Waals surface area contributed by atoms with Crippen LogP contribution in [0.15, 0.2) is 60.0 Å². The second-order valence-corrected chi connectivity index (χ2v) is 10.0. The fourth-order valence-corrected chi connectivity index (χ4v) is 5.08. The highest BCUT2D eigenvalue weighted by molar-refractivity contribution is 7.99. The molecule has 208 valence electrons. The van der Waals surface area contributed by atoms with Gasteiger partial charge in [-0.2, -0.15) is 5.10 Å². The van der Waals surface area contributed by atoms with Crippen LogP contribution in [0.1, 0.15) is 48.5 Å². The van der Waals surface area contributed by atoms with Crippen LogP contribution in [0.5, 0.6) is 0 Å². The van der Waals surface area contributed by atoms with Gasteiger partial charge in [-0.25, -0.2) is 9.78 Å². The third kappa shape index (κ3) is 8.02. The standard InChI is InChI=1S/C27H33N5O6S/c1-3-36-23(34)13-29-26(35)28-12-18-4-10-21(11-5-18)25-37-22(15-39-27-30-16-31-32-27)17(2)24(38-25)20-8-6-19(14-33)7-9-20/h4-11,16-17,22,24-25,33H,3,12-15H2,1-2H3,(H2,28,29,35)(H,30,31,32)/t17-,22+,24+,25+/m0/s1. The van der Waals surface area contributed by atoms with Crippen molar-refractivity contribution in [2.24, 2.45) is 5.92 Å². The van der Waals surface area contributed by atoms with Crippen LogP contribution in [-0.2, 0) is 32.2 Å². The van der Waals surface area contributed by atoms with Crippen molar-refractivity contribution in [1.82, 2.24) is 25.8 Å². The number of aliphatic hydroxyl groups excluding tert-OH is 1. The van der Waals surface area contributed by atoms with Gasteiger partial charge in [0.15, 0.2) is 11.4 Å². The van der Waals surface area contributed by atoms with E-state index in [0.29, 0.717) is 5.75 Å². The molecular formula is C27H33N5O6S. The SMILES string of the molecule is CCOC(=O)CNC(=O)NCc1ccc([C@@H]2O[C@H](CSc3ncn[nH]3)[C@H](C)[C@H](c3ccc(CO)cc3)O2)cc1. The summed E-state index contributed by atoms with van der Waals surface area (Å²) in [5.74, 6) is 0.219. The number of ether oxygens (including phenoxy) is 3. The van der Waals surface area contributed by atoms with E-state index in [-0.39, 0.29) is 44.4 Å². The van der Waals surface area contributed by atoms with Crippen molar-refractivity contribution in [1.29, 1.82) is 0 Å². The summed E-state index contributed by atoms with van der Waals surface area (Å²) in [5, 5.41) is 22.1. The molecule has 1 saturated heterocycles. The minimum absolute atomic E-state index is 0.0161. The molecule has 2 amide bonds. The third-order valence-corrected chi connectivity index (χ3v) is 7.27. The fourth-order valence-electron chi connectivity index (χ4n) is 4.14. The summed E-state index contributed by atoms with van der Waals surface area (Å²) in [4.78, 5) is 27.6. The van der Waals surface area contributed by atoms with Gasteiger partial charge in [-0.1, -0.05) is 67.2 Å². The van der Waals surface area contributed by atoms with Gasteiger partial charge in [0.25, 0.3) is 0 Å². The number of benzene rings is 2. The molecule has 1 aliphatic rings. The van der Waals surface area contributed by atoms with E-state index in [1.165, 1.54) is 6.33 Å². The fraction of sp³-hybridized carbons (Fsp3) is 0.407. The highest BCUT2D eigenvalue weighted by Gasteiger charge is 2.38. The number of carbonyl (C=O) groups is 2. The maximum Gasteiger partial charge on any atom is 0.325 e. The first-order valence-corrected chi connectivity index (χ1v) is 13.7. The Morgan fingerprint density at radius 3 is 2.44 bits per heavy atom. The third-order valence-electron chi connectivity index (χ3n) is 6.30. The predicted octanol–water partition coefficient (Wildman–Crippen LogP) is 3.24. The summed E-state index contributed by atoms with van der Waals surface area (Å²) in [5.41, 5.74) is 3.58. The molecule has 0 saturated carbocycles. The molecule has 0 unspecified atom stereocenters. The highest BCUT2D eigenvalue weighted by Crippen LogP contribution is 2.42. The van der Waals surface area contributed by atoms with E-state index in [9.17, 15) is 14.7 Å². The summed E-state index contributed by atoms with van der Waals surface area (Å²) in [6, 6.07) is 14.9. The van der Waals surface area contributed by atoms with Crippen LogP contribution in [0.25, 0.3) is 0 Å². The summed E-state index contributed by atoms with van der Waals surface area (Å²) in [6.07, 6.45) is 0.525. The lowest BCUT2D eigenvalue weighted by molar-refractivity contribution is -0.268. The lowest BCUT2D eigenvalue weighted by atomic mass is 9.91. The second kappa shape index (κ2) is 14.1. The molecule has 11 nitrogen and oxygen atoms in total. The normalized spacial score (nSPS) is 20.8. The van der Waals surface area contributed by atoms with Crippen molar-refractivity contribution < 1.29 is 28.9 Å². The zero-order chi connectivity index (χ0) is 27.6. The number of rotatable bonds is 11. The first-order chi connectivity index (χ1) is 19.0. The van der Waals surface area contributed by atoms with Gasteiger partial charge in [0.1, 0.15) is 12.9 Å². The van der Waals surface area contributed by atoms with Crippen LogP contribution in [0.3, 0.4) is 0 Å². The van der Waals surface area contributed by atoms with Crippen molar-refractivity contribution in [2.75, 3.05) is 18.9 Å². The number of nitrogens with zero attached hydrogens (tertiary/aromatic N) is 2. The Bertz CT molecular complexity index is 1190. The molecule has 0 bridgehead atoms. The summed E-state index contributed by atoms with van der Waals surface area (Å²) < 4.78 is 17.7. The molecule has 1 aromatic heterocycles. The number of urea groups is 1. The Labute approximate surface area is 231 Å². The molecule has 3 aromatic rings. The summed E-state index contributed by atoms with van der Waals surface area (Å²) in [7, 11) is 0. The topological polar surface area (TPSA) is 148 Å². The monoisotopic (exact) mass is 555 g/mol. The van der Waals surface area contributed by atoms with Gasteiger partial charge >= 0.3 is 12.0 Å². The maximum atomic E-state index is 12.0. The van der Waals surface area contributed by atoms with Crippen LogP contribution >= 0.6 is 11.8 Å². The van der Waals surface area contributed by atoms with Gasteiger partial charge < -0.3 is 30.0 Å². The smallest absolute Gasteiger partial charge is 0.325 e. The van der Waals surface area contributed by atoms with E-state index in [4.69, 9.17) is 14.2 Å².